The summed E-state index contributed by atoms with van der Waals surface area (Å²) >= 11 is 5.25. The van der Waals surface area contributed by atoms with Gasteiger partial charge in [-0.05, 0) is 55.8 Å². The lowest BCUT2D eigenvalue weighted by molar-refractivity contribution is -0.384. The number of aromatic amines is 1. The Hall–Kier alpha value is -2.81. The van der Waals surface area contributed by atoms with Crippen LogP contribution in [0.1, 0.15) is 37.1 Å². The number of carbonyl (C=O) groups is 1. The molecule has 1 aliphatic rings. The first kappa shape index (κ1) is 19.0. The highest BCUT2D eigenvalue weighted by atomic mass is 32.1. The van der Waals surface area contributed by atoms with Crippen LogP contribution in [-0.2, 0) is 11.3 Å². The lowest BCUT2D eigenvalue weighted by Crippen LogP contribution is -2.38. The van der Waals surface area contributed by atoms with Crippen molar-refractivity contribution in [3.8, 4) is 0 Å². The first-order valence-corrected chi connectivity index (χ1v) is 9.27. The van der Waals surface area contributed by atoms with E-state index < -0.39 is 4.92 Å². The molecule has 142 valence electrons. The van der Waals surface area contributed by atoms with Crippen molar-refractivity contribution in [1.29, 1.82) is 0 Å². The summed E-state index contributed by atoms with van der Waals surface area (Å²) in [6.45, 7) is 4.07. The van der Waals surface area contributed by atoms with Gasteiger partial charge < -0.3 is 9.47 Å². The van der Waals surface area contributed by atoms with Gasteiger partial charge in [-0.2, -0.15) is 5.10 Å². The number of piperidine rings is 1. The average Bonchev–Trinajstić information content (AvgIpc) is 3.07. The highest BCUT2D eigenvalue weighted by Crippen LogP contribution is 2.26. The number of nitro benzene ring substituents is 1. The van der Waals surface area contributed by atoms with Crippen LogP contribution in [0.2, 0.25) is 0 Å². The number of amides is 1. The zero-order valence-corrected chi connectivity index (χ0v) is 15.8. The van der Waals surface area contributed by atoms with Gasteiger partial charge in [0.25, 0.3) is 5.69 Å². The Morgan fingerprint density at radius 1 is 1.44 bits per heavy atom. The molecule has 1 aliphatic heterocycles. The maximum Gasteiger partial charge on any atom is 0.269 e. The van der Waals surface area contributed by atoms with Gasteiger partial charge in [0.2, 0.25) is 5.91 Å². The van der Waals surface area contributed by atoms with Gasteiger partial charge in [0.05, 0.1) is 4.92 Å². The van der Waals surface area contributed by atoms with E-state index in [0.29, 0.717) is 17.9 Å². The van der Waals surface area contributed by atoms with E-state index in [-0.39, 0.29) is 17.5 Å². The van der Waals surface area contributed by atoms with Crippen LogP contribution >= 0.6 is 12.2 Å². The molecule has 9 heteroatoms. The van der Waals surface area contributed by atoms with E-state index in [1.807, 2.05) is 16.4 Å². The molecule has 1 amide bonds. The van der Waals surface area contributed by atoms with Gasteiger partial charge in [0, 0.05) is 43.8 Å². The van der Waals surface area contributed by atoms with Crippen molar-refractivity contribution in [3.05, 3.63) is 56.6 Å². The molecule has 0 radical (unpaired) electrons. The Morgan fingerprint density at radius 3 is 2.85 bits per heavy atom. The van der Waals surface area contributed by atoms with Crippen LogP contribution in [0.3, 0.4) is 0 Å². The maximum absolute atomic E-state index is 12.6. The number of benzene rings is 1. The number of hydrogen-bond donors (Lipinski definition) is 1. The molecule has 1 unspecified atom stereocenters. The van der Waals surface area contributed by atoms with E-state index in [2.05, 4.69) is 10.2 Å². The number of likely N-dealkylation sites (tertiary alicyclic amines) is 1. The van der Waals surface area contributed by atoms with Gasteiger partial charge >= 0.3 is 0 Å². The van der Waals surface area contributed by atoms with Crippen LogP contribution in [0.15, 0.2) is 30.3 Å². The number of H-pyrrole nitrogens is 1. The molecule has 3 rings (SSSR count). The van der Waals surface area contributed by atoms with Crippen molar-refractivity contribution in [3.63, 3.8) is 0 Å². The van der Waals surface area contributed by atoms with E-state index >= 15 is 0 Å². The Morgan fingerprint density at radius 2 is 2.19 bits per heavy atom. The van der Waals surface area contributed by atoms with Crippen molar-refractivity contribution in [2.45, 2.75) is 32.2 Å². The highest BCUT2D eigenvalue weighted by molar-refractivity contribution is 7.71. The van der Waals surface area contributed by atoms with E-state index in [1.165, 1.54) is 18.2 Å². The van der Waals surface area contributed by atoms with Crippen molar-refractivity contribution in [2.75, 3.05) is 13.1 Å². The van der Waals surface area contributed by atoms with Gasteiger partial charge in [0.1, 0.15) is 5.82 Å². The fourth-order valence-electron chi connectivity index (χ4n) is 3.32. The fourth-order valence-corrected chi connectivity index (χ4v) is 3.58. The topological polar surface area (TPSA) is 97.1 Å². The number of nitrogens with one attached hydrogen (secondary N) is 1. The van der Waals surface area contributed by atoms with Gasteiger partial charge in [-0.25, -0.2) is 0 Å². The quantitative estimate of drug-likeness (QED) is 0.367. The number of non-ortho nitro benzene ring substituents is 1. The van der Waals surface area contributed by atoms with E-state index in [1.54, 1.807) is 18.2 Å². The minimum Gasteiger partial charge on any atom is -0.338 e. The van der Waals surface area contributed by atoms with Crippen molar-refractivity contribution >= 4 is 29.9 Å². The summed E-state index contributed by atoms with van der Waals surface area (Å²) in [5.41, 5.74) is 0.774. The highest BCUT2D eigenvalue weighted by Gasteiger charge is 2.27. The predicted octanol–water partition coefficient (Wildman–Crippen LogP) is 3.29. The monoisotopic (exact) mass is 387 g/mol. The number of carbonyl (C=O) groups excluding carboxylic acids is 1. The molecule has 0 spiro atoms. The number of rotatable bonds is 5. The zero-order chi connectivity index (χ0) is 19.4. The molecule has 0 bridgehead atoms. The predicted molar refractivity (Wildman–Crippen MR) is 104 cm³/mol. The third-order valence-corrected chi connectivity index (χ3v) is 5.04. The first-order valence-electron chi connectivity index (χ1n) is 8.86. The number of nitrogens with zero attached hydrogens (tertiary/aromatic N) is 4. The van der Waals surface area contributed by atoms with Crippen LogP contribution < -0.4 is 0 Å². The second-order valence-electron chi connectivity index (χ2n) is 6.44. The summed E-state index contributed by atoms with van der Waals surface area (Å²) < 4.78 is 2.58. The standard InChI is InChI=1S/C18H21N5O3S/c1-2-22-17(19-20-18(22)27)14-4-3-11-21(12-14)16(24)10-7-13-5-8-15(9-6-13)23(25)26/h5-10,14H,2-4,11-12H2,1H3,(H,20,27). The number of nitro groups is 1. The largest absolute Gasteiger partial charge is 0.338 e. The fraction of sp³-hybridized carbons (Fsp3) is 0.389. The lowest BCUT2D eigenvalue weighted by Gasteiger charge is -2.31. The van der Waals surface area contributed by atoms with Crippen LogP contribution in [-0.4, -0.2) is 43.6 Å². The summed E-state index contributed by atoms with van der Waals surface area (Å²) in [5, 5.41) is 17.9. The molecule has 2 aromatic rings. The zero-order valence-electron chi connectivity index (χ0n) is 15.0. The van der Waals surface area contributed by atoms with Crippen molar-refractivity contribution in [2.24, 2.45) is 0 Å². The summed E-state index contributed by atoms with van der Waals surface area (Å²) in [4.78, 5) is 24.6. The molecule has 27 heavy (non-hydrogen) atoms. The molecule has 1 saturated heterocycles. The summed E-state index contributed by atoms with van der Waals surface area (Å²) in [7, 11) is 0. The summed E-state index contributed by atoms with van der Waals surface area (Å²) in [6, 6.07) is 6.10. The van der Waals surface area contributed by atoms with Crippen LogP contribution in [0.5, 0.6) is 0 Å². The molecule has 1 aromatic heterocycles. The van der Waals surface area contributed by atoms with Crippen molar-refractivity contribution < 1.29 is 9.72 Å². The Bertz CT molecular complexity index is 916. The minimum absolute atomic E-state index is 0.0293. The number of hydrogen-bond acceptors (Lipinski definition) is 5. The Kier molecular flexibility index (Phi) is 5.80. The smallest absolute Gasteiger partial charge is 0.269 e. The molecule has 0 saturated carbocycles. The van der Waals surface area contributed by atoms with Crippen LogP contribution in [0.25, 0.3) is 6.08 Å². The Balaban J connectivity index is 1.67. The van der Waals surface area contributed by atoms with Crippen LogP contribution in [0, 0.1) is 14.9 Å². The molecule has 1 N–H and O–H groups in total. The summed E-state index contributed by atoms with van der Waals surface area (Å²) in [5.74, 6) is 0.984. The molecular weight excluding hydrogens is 366 g/mol. The summed E-state index contributed by atoms with van der Waals surface area (Å²) in [6.07, 6.45) is 5.07. The second-order valence-corrected chi connectivity index (χ2v) is 6.82. The third kappa shape index (κ3) is 4.30. The lowest BCUT2D eigenvalue weighted by atomic mass is 9.97. The van der Waals surface area contributed by atoms with Gasteiger partial charge in [-0.15, -0.1) is 0 Å². The molecule has 2 heterocycles. The van der Waals surface area contributed by atoms with Gasteiger partial charge in [-0.3, -0.25) is 20.0 Å². The molecule has 8 nitrogen and oxygen atoms in total. The van der Waals surface area contributed by atoms with Gasteiger partial charge in [0.15, 0.2) is 4.77 Å². The molecule has 1 fully saturated rings. The molecule has 1 atom stereocenters. The van der Waals surface area contributed by atoms with Gasteiger partial charge in [-0.1, -0.05) is 0 Å². The first-order chi connectivity index (χ1) is 13.0. The van der Waals surface area contributed by atoms with E-state index in [9.17, 15) is 14.9 Å². The third-order valence-electron chi connectivity index (χ3n) is 4.72. The second kappa shape index (κ2) is 8.26. The number of aromatic nitrogens is 3. The van der Waals surface area contributed by atoms with E-state index in [4.69, 9.17) is 12.2 Å². The van der Waals surface area contributed by atoms with Crippen LogP contribution in [0.4, 0.5) is 5.69 Å². The normalized spacial score (nSPS) is 17.4. The van der Waals surface area contributed by atoms with E-state index in [0.717, 1.165) is 30.8 Å². The molecule has 1 aromatic carbocycles. The average molecular weight is 387 g/mol. The SMILES string of the molecule is CCn1c(C2CCCN(C(=O)C=Cc3ccc([N+](=O)[O-])cc3)C2)n[nH]c1=S. The minimum atomic E-state index is -0.446. The molecule has 0 aliphatic carbocycles. The Labute approximate surface area is 161 Å². The maximum atomic E-state index is 12.6. The molecular formula is C18H21N5O3S. The van der Waals surface area contributed by atoms with Crippen molar-refractivity contribution in [1.82, 2.24) is 19.7 Å².